The van der Waals surface area contributed by atoms with Gasteiger partial charge in [-0.1, -0.05) is 0 Å². The average molecular weight is 472 g/mol. The summed E-state index contributed by atoms with van der Waals surface area (Å²) in [7, 11) is 0. The maximum atomic E-state index is 13.6. The second kappa shape index (κ2) is 8.30. The minimum absolute atomic E-state index is 0.143. The number of rotatable bonds is 4. The van der Waals surface area contributed by atoms with Crippen LogP contribution in [0, 0.1) is 18.7 Å². The lowest BCUT2D eigenvalue weighted by molar-refractivity contribution is -0.137. The summed E-state index contributed by atoms with van der Waals surface area (Å²) in [6.45, 7) is 2.34. The molecule has 1 saturated heterocycles. The van der Waals surface area contributed by atoms with Gasteiger partial charge >= 0.3 is 6.18 Å². The second-order valence-electron chi connectivity index (χ2n) is 8.62. The smallest absolute Gasteiger partial charge is 0.365 e. The summed E-state index contributed by atoms with van der Waals surface area (Å²) >= 11 is 0. The van der Waals surface area contributed by atoms with Crippen molar-refractivity contribution < 1.29 is 22.4 Å². The summed E-state index contributed by atoms with van der Waals surface area (Å²) < 4.78 is 51.7. The number of likely N-dealkylation sites (tertiary alicyclic amines) is 1. The number of alkyl halides is 3. The van der Waals surface area contributed by atoms with Crippen molar-refractivity contribution in [2.24, 2.45) is 5.92 Å². The molecular weight excluding hydrogens is 452 g/mol. The predicted octanol–water partition coefficient (Wildman–Crippen LogP) is 4.12. The van der Waals surface area contributed by atoms with Gasteiger partial charge in [-0.3, -0.25) is 4.79 Å². The lowest BCUT2D eigenvalue weighted by atomic mass is 10.0. The molecule has 3 aromatic heterocycles. The number of halogens is 4. The Labute approximate surface area is 192 Å². The Morgan fingerprint density at radius 3 is 2.47 bits per heavy atom. The molecule has 176 valence electrons. The maximum Gasteiger partial charge on any atom is 0.417 e. The summed E-state index contributed by atoms with van der Waals surface area (Å²) in [5, 5.41) is 3.19. The van der Waals surface area contributed by atoms with Crippen molar-refractivity contribution in [3.63, 3.8) is 0 Å². The highest BCUT2D eigenvalue weighted by Gasteiger charge is 2.47. The monoisotopic (exact) mass is 472 g/mol. The van der Waals surface area contributed by atoms with E-state index in [0.29, 0.717) is 23.6 Å². The predicted molar refractivity (Wildman–Crippen MR) is 114 cm³/mol. The Morgan fingerprint density at radius 1 is 1.06 bits per heavy atom. The molecule has 1 saturated carbocycles. The number of nitrogens with one attached hydrogen (secondary N) is 1. The Bertz CT molecular complexity index is 1220. The van der Waals surface area contributed by atoms with Gasteiger partial charge in [-0.05, 0) is 49.9 Å². The standard InChI is InChI=1S/C23H20F4N6O/c1-12-2-4-16(20(31-12)21-29-9-15(24)10-30-21)22(34)33-11-13-6-17(18(33)7-13)32-19-5-3-14(8-28-19)23(25,26)27/h2-5,8-10,13,17-18H,6-7,11H2,1H3,(H,28,32)/t13-,17+,18-/m0/s1. The average Bonchev–Trinajstić information content (AvgIpc) is 3.39. The molecule has 2 bridgehead atoms. The lowest BCUT2D eigenvalue weighted by Crippen LogP contribution is -2.48. The van der Waals surface area contributed by atoms with Crippen molar-refractivity contribution >= 4 is 11.7 Å². The summed E-state index contributed by atoms with van der Waals surface area (Å²) in [4.78, 5) is 31.6. The number of piperidine rings is 1. The molecule has 1 N–H and O–H groups in total. The van der Waals surface area contributed by atoms with Crippen LogP contribution in [0.15, 0.2) is 42.9 Å². The van der Waals surface area contributed by atoms with E-state index in [1.165, 1.54) is 6.07 Å². The third-order valence-corrected chi connectivity index (χ3v) is 6.26. The highest BCUT2D eigenvalue weighted by atomic mass is 19.4. The first-order chi connectivity index (χ1) is 16.2. The van der Waals surface area contributed by atoms with Crippen LogP contribution in [0.25, 0.3) is 11.5 Å². The zero-order chi connectivity index (χ0) is 24.0. The highest BCUT2D eigenvalue weighted by Crippen LogP contribution is 2.40. The molecular formula is C23H20F4N6O. The van der Waals surface area contributed by atoms with E-state index >= 15 is 0 Å². The van der Waals surface area contributed by atoms with Gasteiger partial charge < -0.3 is 10.2 Å². The van der Waals surface area contributed by atoms with Gasteiger partial charge in [0.05, 0.1) is 29.6 Å². The Balaban J connectivity index is 1.37. The quantitative estimate of drug-likeness (QED) is 0.576. The van der Waals surface area contributed by atoms with Gasteiger partial charge in [0, 0.05) is 24.5 Å². The molecule has 3 atom stereocenters. The summed E-state index contributed by atoms with van der Waals surface area (Å²) in [6, 6.07) is 5.38. The molecule has 0 radical (unpaired) electrons. The van der Waals surface area contributed by atoms with Crippen molar-refractivity contribution in [3.05, 3.63) is 65.5 Å². The van der Waals surface area contributed by atoms with Crippen LogP contribution in [0.2, 0.25) is 0 Å². The fourth-order valence-electron chi connectivity index (χ4n) is 4.74. The van der Waals surface area contributed by atoms with Crippen molar-refractivity contribution in [2.75, 3.05) is 11.9 Å². The fraction of sp³-hybridized carbons (Fsp3) is 0.348. The van der Waals surface area contributed by atoms with Gasteiger partial charge in [-0.2, -0.15) is 13.2 Å². The van der Waals surface area contributed by atoms with E-state index in [1.807, 2.05) is 0 Å². The van der Waals surface area contributed by atoms with E-state index in [4.69, 9.17) is 0 Å². The van der Waals surface area contributed by atoms with E-state index in [2.05, 4.69) is 25.3 Å². The molecule has 2 fully saturated rings. The first-order valence-electron chi connectivity index (χ1n) is 10.8. The van der Waals surface area contributed by atoms with Crippen LogP contribution in [0.3, 0.4) is 0 Å². The number of nitrogens with zero attached hydrogens (tertiary/aromatic N) is 5. The molecule has 11 heteroatoms. The lowest BCUT2D eigenvalue weighted by Gasteiger charge is -2.34. The van der Waals surface area contributed by atoms with Crippen molar-refractivity contribution in [1.29, 1.82) is 0 Å². The molecule has 7 nitrogen and oxygen atoms in total. The number of anilines is 1. The van der Waals surface area contributed by atoms with E-state index < -0.39 is 17.6 Å². The van der Waals surface area contributed by atoms with E-state index in [0.717, 1.165) is 37.5 Å². The maximum absolute atomic E-state index is 13.6. The van der Waals surface area contributed by atoms with Gasteiger partial charge in [-0.25, -0.2) is 24.3 Å². The van der Waals surface area contributed by atoms with Gasteiger partial charge in [0.1, 0.15) is 11.5 Å². The Hall–Kier alpha value is -3.63. The minimum atomic E-state index is -4.45. The zero-order valence-electron chi connectivity index (χ0n) is 18.1. The molecule has 1 amide bonds. The minimum Gasteiger partial charge on any atom is -0.365 e. The van der Waals surface area contributed by atoms with Gasteiger partial charge in [0.15, 0.2) is 11.6 Å². The van der Waals surface area contributed by atoms with Crippen LogP contribution in [-0.2, 0) is 6.18 Å². The molecule has 0 aromatic carbocycles. The number of fused-ring (bicyclic) bond motifs is 2. The number of aryl methyl sites for hydroxylation is 1. The molecule has 1 aliphatic heterocycles. The van der Waals surface area contributed by atoms with Gasteiger partial charge in [0.25, 0.3) is 5.91 Å². The van der Waals surface area contributed by atoms with Crippen LogP contribution in [0.5, 0.6) is 0 Å². The summed E-state index contributed by atoms with van der Waals surface area (Å²) in [5.74, 6) is -0.0802. The number of hydrogen-bond acceptors (Lipinski definition) is 6. The third-order valence-electron chi connectivity index (χ3n) is 6.26. The van der Waals surface area contributed by atoms with Crippen LogP contribution >= 0.6 is 0 Å². The van der Waals surface area contributed by atoms with E-state index in [-0.39, 0.29) is 35.4 Å². The number of carbonyl (C=O) groups is 1. The molecule has 2 aliphatic rings. The fourth-order valence-corrected chi connectivity index (χ4v) is 4.74. The van der Waals surface area contributed by atoms with E-state index in [1.54, 1.807) is 24.0 Å². The number of amides is 1. The molecule has 5 rings (SSSR count). The van der Waals surface area contributed by atoms with Crippen LogP contribution in [0.4, 0.5) is 23.4 Å². The first kappa shape index (κ1) is 22.2. The van der Waals surface area contributed by atoms with Crippen molar-refractivity contribution in [1.82, 2.24) is 24.8 Å². The summed E-state index contributed by atoms with van der Waals surface area (Å²) in [6.07, 6.45) is -0.0333. The van der Waals surface area contributed by atoms with Crippen LogP contribution < -0.4 is 5.32 Å². The number of aromatic nitrogens is 4. The van der Waals surface area contributed by atoms with Crippen LogP contribution in [-0.4, -0.2) is 49.4 Å². The van der Waals surface area contributed by atoms with Gasteiger partial charge in [0.2, 0.25) is 0 Å². The van der Waals surface area contributed by atoms with E-state index in [9.17, 15) is 22.4 Å². The molecule has 1 aliphatic carbocycles. The molecule has 3 aromatic rings. The second-order valence-corrected chi connectivity index (χ2v) is 8.62. The molecule has 4 heterocycles. The SMILES string of the molecule is Cc1ccc(C(=O)N2C[C@H]3C[C@@H](Nc4ccc(C(F)(F)F)cn4)[C@@H]2C3)c(-c2ncc(F)cn2)n1. The highest BCUT2D eigenvalue weighted by molar-refractivity contribution is 5.99. The molecule has 0 unspecified atom stereocenters. The van der Waals surface area contributed by atoms with Crippen LogP contribution in [0.1, 0.15) is 34.5 Å². The first-order valence-corrected chi connectivity index (χ1v) is 10.8. The van der Waals surface area contributed by atoms with Crippen molar-refractivity contribution in [3.8, 4) is 11.5 Å². The van der Waals surface area contributed by atoms with Crippen molar-refractivity contribution in [2.45, 2.75) is 38.0 Å². The third kappa shape index (κ3) is 4.17. The Kier molecular flexibility index (Phi) is 5.41. The number of carbonyl (C=O) groups excluding carboxylic acids is 1. The van der Waals surface area contributed by atoms with Gasteiger partial charge in [-0.15, -0.1) is 0 Å². The number of pyridine rings is 2. The zero-order valence-corrected chi connectivity index (χ0v) is 18.1. The topological polar surface area (TPSA) is 83.9 Å². The Morgan fingerprint density at radius 2 is 1.82 bits per heavy atom. The largest absolute Gasteiger partial charge is 0.417 e. The molecule has 0 spiro atoms. The molecule has 34 heavy (non-hydrogen) atoms. The normalized spacial score (nSPS) is 21.7. The number of hydrogen-bond donors (Lipinski definition) is 1. The summed E-state index contributed by atoms with van der Waals surface area (Å²) in [5.41, 5.74) is 0.443.